The van der Waals surface area contributed by atoms with E-state index in [-0.39, 0.29) is 11.7 Å². The molecule has 222 valence electrons. The molecule has 3 heterocycles. The molecule has 0 aliphatic carbocycles. The van der Waals surface area contributed by atoms with E-state index in [2.05, 4.69) is 62.1 Å². The summed E-state index contributed by atoms with van der Waals surface area (Å²) in [5.74, 6) is 0.841. The summed E-state index contributed by atoms with van der Waals surface area (Å²) in [7, 11) is 0. The number of rotatable bonds is 8. The Morgan fingerprint density at radius 3 is 2.33 bits per heavy atom. The molecule has 3 saturated heterocycles. The SMILES string of the molecule is CC(=O)c1ccc(N2CCN(C(=O)CC[C@@H]3CN(Cc4cccc5ccccc45)CC[C@@H]3N3CCOCC3)CC2)cc1. The zero-order valence-corrected chi connectivity index (χ0v) is 24.9. The molecule has 42 heavy (non-hydrogen) atoms. The fraction of sp³-hybridized carbons (Fsp3) is 0.486. The zero-order chi connectivity index (χ0) is 28.9. The van der Waals surface area contributed by atoms with Crippen molar-refractivity contribution in [2.75, 3.05) is 70.5 Å². The molecule has 0 N–H and O–H groups in total. The van der Waals surface area contributed by atoms with Crippen molar-refractivity contribution in [2.24, 2.45) is 5.92 Å². The second-order valence-electron chi connectivity index (χ2n) is 12.1. The van der Waals surface area contributed by atoms with Crippen molar-refractivity contribution < 1.29 is 14.3 Å². The molecular weight excluding hydrogens is 524 g/mol. The Morgan fingerprint density at radius 2 is 1.57 bits per heavy atom. The molecule has 2 atom stereocenters. The molecule has 1 amide bonds. The number of Topliss-reactive ketones (excluding diaryl/α,β-unsaturated/α-hetero) is 1. The Balaban J connectivity index is 1.06. The summed E-state index contributed by atoms with van der Waals surface area (Å²) in [6.45, 7) is 11.4. The Labute approximate surface area is 250 Å². The lowest BCUT2D eigenvalue weighted by molar-refractivity contribution is -0.132. The molecule has 3 aromatic rings. The van der Waals surface area contributed by atoms with Crippen molar-refractivity contribution in [2.45, 2.75) is 38.8 Å². The summed E-state index contributed by atoms with van der Waals surface area (Å²) in [6, 6.07) is 23.7. The average molecular weight is 569 g/mol. The third-order valence-corrected chi connectivity index (χ3v) is 9.57. The highest BCUT2D eigenvalue weighted by atomic mass is 16.5. The molecular formula is C35H44N4O3. The number of hydrogen-bond donors (Lipinski definition) is 0. The van der Waals surface area contributed by atoms with Gasteiger partial charge < -0.3 is 14.5 Å². The number of piperidine rings is 1. The van der Waals surface area contributed by atoms with E-state index in [1.807, 2.05) is 24.3 Å². The Kier molecular flexibility index (Phi) is 9.18. The highest BCUT2D eigenvalue weighted by Gasteiger charge is 2.35. The zero-order valence-electron chi connectivity index (χ0n) is 24.9. The first-order valence-corrected chi connectivity index (χ1v) is 15.7. The largest absolute Gasteiger partial charge is 0.379 e. The monoisotopic (exact) mass is 568 g/mol. The van der Waals surface area contributed by atoms with Crippen LogP contribution in [0.2, 0.25) is 0 Å². The van der Waals surface area contributed by atoms with Gasteiger partial charge in [-0.05, 0) is 72.8 Å². The van der Waals surface area contributed by atoms with E-state index in [0.29, 0.717) is 18.4 Å². The molecule has 7 nitrogen and oxygen atoms in total. The van der Waals surface area contributed by atoms with Crippen LogP contribution < -0.4 is 4.90 Å². The third kappa shape index (κ3) is 6.69. The lowest BCUT2D eigenvalue weighted by Crippen LogP contribution is -2.54. The fourth-order valence-corrected chi connectivity index (χ4v) is 7.17. The van der Waals surface area contributed by atoms with Gasteiger partial charge in [0.25, 0.3) is 0 Å². The molecule has 0 aromatic heterocycles. The number of amides is 1. The standard InChI is InChI=1S/C35H44N4O3/c1-27(40)28-9-12-32(13-10-28)37-17-19-39(20-18-37)35(41)14-11-31-26-36(16-15-34(31)38-21-23-42-24-22-38)25-30-7-4-6-29-5-2-3-8-33(29)30/h2-10,12-13,31,34H,11,14-26H2,1H3/t31-,34+/m1/s1. The second-order valence-corrected chi connectivity index (χ2v) is 12.1. The van der Waals surface area contributed by atoms with Crippen LogP contribution in [-0.4, -0.2) is 98.0 Å². The van der Waals surface area contributed by atoms with Crippen molar-refractivity contribution >= 4 is 28.2 Å². The molecule has 7 heteroatoms. The van der Waals surface area contributed by atoms with Gasteiger partial charge in [0, 0.05) is 76.1 Å². The molecule has 3 aromatic carbocycles. The Morgan fingerprint density at radius 1 is 0.833 bits per heavy atom. The van der Waals surface area contributed by atoms with E-state index in [9.17, 15) is 9.59 Å². The number of likely N-dealkylation sites (tertiary alicyclic amines) is 1. The van der Waals surface area contributed by atoms with Gasteiger partial charge in [-0.1, -0.05) is 42.5 Å². The van der Waals surface area contributed by atoms with Crippen LogP contribution in [0.4, 0.5) is 5.69 Å². The fourth-order valence-electron chi connectivity index (χ4n) is 7.17. The van der Waals surface area contributed by atoms with E-state index in [0.717, 1.165) is 96.2 Å². The van der Waals surface area contributed by atoms with Gasteiger partial charge in [0.2, 0.25) is 5.91 Å². The minimum Gasteiger partial charge on any atom is -0.379 e. The van der Waals surface area contributed by atoms with Crippen LogP contribution in [-0.2, 0) is 16.1 Å². The summed E-state index contributed by atoms with van der Waals surface area (Å²) in [6.07, 6.45) is 2.69. The predicted molar refractivity (Wildman–Crippen MR) is 168 cm³/mol. The number of nitrogens with zero attached hydrogens (tertiary/aromatic N) is 4. The lowest BCUT2D eigenvalue weighted by atomic mass is 9.86. The maximum atomic E-state index is 13.4. The normalized spacial score (nSPS) is 22.4. The van der Waals surface area contributed by atoms with Gasteiger partial charge in [-0.2, -0.15) is 0 Å². The molecule has 0 spiro atoms. The number of anilines is 1. The van der Waals surface area contributed by atoms with E-state index < -0.39 is 0 Å². The van der Waals surface area contributed by atoms with Crippen LogP contribution in [0.25, 0.3) is 10.8 Å². The van der Waals surface area contributed by atoms with Crippen molar-refractivity contribution in [3.8, 4) is 0 Å². The number of fused-ring (bicyclic) bond motifs is 1. The first-order valence-electron chi connectivity index (χ1n) is 15.7. The first-order chi connectivity index (χ1) is 20.5. The smallest absolute Gasteiger partial charge is 0.222 e. The number of benzene rings is 3. The number of carbonyl (C=O) groups excluding carboxylic acids is 2. The highest BCUT2D eigenvalue weighted by molar-refractivity contribution is 5.94. The van der Waals surface area contributed by atoms with Crippen LogP contribution in [0.5, 0.6) is 0 Å². The van der Waals surface area contributed by atoms with Gasteiger partial charge in [-0.15, -0.1) is 0 Å². The van der Waals surface area contributed by atoms with Crippen LogP contribution >= 0.6 is 0 Å². The van der Waals surface area contributed by atoms with Crippen molar-refractivity contribution in [3.63, 3.8) is 0 Å². The Bertz CT molecular complexity index is 1360. The van der Waals surface area contributed by atoms with E-state index in [1.54, 1.807) is 6.92 Å². The van der Waals surface area contributed by atoms with Gasteiger partial charge in [0.15, 0.2) is 5.78 Å². The first kappa shape index (κ1) is 28.8. The molecule has 3 aliphatic heterocycles. The maximum Gasteiger partial charge on any atom is 0.222 e. The number of carbonyl (C=O) groups is 2. The van der Waals surface area contributed by atoms with Gasteiger partial charge in [0.1, 0.15) is 0 Å². The second kappa shape index (κ2) is 13.4. The highest BCUT2D eigenvalue weighted by Crippen LogP contribution is 2.30. The summed E-state index contributed by atoms with van der Waals surface area (Å²) in [5.41, 5.74) is 3.25. The molecule has 3 aliphatic rings. The van der Waals surface area contributed by atoms with E-state index in [1.165, 1.54) is 16.3 Å². The summed E-state index contributed by atoms with van der Waals surface area (Å²) < 4.78 is 5.67. The summed E-state index contributed by atoms with van der Waals surface area (Å²) in [5, 5.41) is 2.64. The minimum atomic E-state index is 0.0856. The Hall–Kier alpha value is -3.26. The number of hydrogen-bond acceptors (Lipinski definition) is 6. The minimum absolute atomic E-state index is 0.0856. The van der Waals surface area contributed by atoms with Gasteiger partial charge in [0.05, 0.1) is 13.2 Å². The van der Waals surface area contributed by atoms with Crippen LogP contribution in [0.3, 0.4) is 0 Å². The van der Waals surface area contributed by atoms with Crippen molar-refractivity contribution in [3.05, 3.63) is 77.9 Å². The van der Waals surface area contributed by atoms with Crippen molar-refractivity contribution in [1.82, 2.24) is 14.7 Å². The molecule has 6 rings (SSSR count). The summed E-state index contributed by atoms with van der Waals surface area (Å²) in [4.78, 5) is 34.7. The lowest BCUT2D eigenvalue weighted by Gasteiger charge is -2.45. The number of morpholine rings is 1. The van der Waals surface area contributed by atoms with Gasteiger partial charge in [-0.25, -0.2) is 0 Å². The van der Waals surface area contributed by atoms with Gasteiger partial charge >= 0.3 is 0 Å². The van der Waals surface area contributed by atoms with Gasteiger partial charge in [-0.3, -0.25) is 19.4 Å². The van der Waals surface area contributed by atoms with Crippen LogP contribution in [0, 0.1) is 5.92 Å². The third-order valence-electron chi connectivity index (χ3n) is 9.57. The molecule has 3 fully saturated rings. The van der Waals surface area contributed by atoms with Crippen molar-refractivity contribution in [1.29, 1.82) is 0 Å². The summed E-state index contributed by atoms with van der Waals surface area (Å²) >= 11 is 0. The quantitative estimate of drug-likeness (QED) is 0.368. The average Bonchev–Trinajstić information content (AvgIpc) is 3.04. The molecule has 0 saturated carbocycles. The molecule has 0 bridgehead atoms. The predicted octanol–water partition coefficient (Wildman–Crippen LogP) is 4.69. The number of piperazine rings is 1. The van der Waals surface area contributed by atoms with Crippen LogP contribution in [0.1, 0.15) is 42.1 Å². The maximum absolute atomic E-state index is 13.4. The molecule has 0 unspecified atom stereocenters. The number of ketones is 1. The molecule has 0 radical (unpaired) electrons. The number of ether oxygens (including phenoxy) is 1. The van der Waals surface area contributed by atoms with E-state index in [4.69, 9.17) is 4.74 Å². The topological polar surface area (TPSA) is 56.3 Å². The van der Waals surface area contributed by atoms with Crippen LogP contribution in [0.15, 0.2) is 66.7 Å². The van der Waals surface area contributed by atoms with E-state index >= 15 is 0 Å².